The Labute approximate surface area is 141 Å². The van der Waals surface area contributed by atoms with Gasteiger partial charge in [-0.05, 0) is 44.0 Å². The van der Waals surface area contributed by atoms with Crippen LogP contribution in [0.4, 0.5) is 0 Å². The summed E-state index contributed by atoms with van der Waals surface area (Å²) in [5.74, 6) is -0.724. The first-order valence-corrected chi connectivity index (χ1v) is 10.9. The van der Waals surface area contributed by atoms with Crippen molar-refractivity contribution in [3.63, 3.8) is 0 Å². The predicted molar refractivity (Wildman–Crippen MR) is 93.7 cm³/mol. The maximum atomic E-state index is 12.1. The Bertz CT molecular complexity index is 446. The zero-order valence-corrected chi connectivity index (χ0v) is 16.9. The number of hydrogen-bond donors (Lipinski definition) is 0. The minimum atomic E-state index is -1.90. The Hall–Kier alpha value is -1.14. The number of carbonyl (C=O) groups is 2. The topological polar surface area (TPSA) is 61.8 Å². The largest absolute Gasteiger partial charge is 0.469 e. The van der Waals surface area contributed by atoms with Gasteiger partial charge in [0, 0.05) is 12.0 Å². The Morgan fingerprint density at radius 1 is 1.09 bits per heavy atom. The van der Waals surface area contributed by atoms with E-state index in [1.807, 2.05) is 6.92 Å². The molecule has 0 saturated carbocycles. The highest BCUT2D eigenvalue weighted by molar-refractivity contribution is 6.74. The number of esters is 2. The minimum absolute atomic E-state index is 0.101. The lowest BCUT2D eigenvalue weighted by Crippen LogP contribution is -2.41. The fourth-order valence-corrected chi connectivity index (χ4v) is 2.64. The second kappa shape index (κ2) is 9.23. The van der Waals surface area contributed by atoms with E-state index in [1.165, 1.54) is 7.11 Å². The molecule has 0 fully saturated rings. The van der Waals surface area contributed by atoms with Crippen LogP contribution in [0.25, 0.3) is 0 Å². The molecule has 0 bridgehead atoms. The number of methoxy groups -OCH3 is 1. The molecule has 23 heavy (non-hydrogen) atoms. The highest BCUT2D eigenvalue weighted by atomic mass is 28.4. The third-order valence-corrected chi connectivity index (χ3v) is 8.78. The maximum Gasteiger partial charge on any atom is 0.334 e. The van der Waals surface area contributed by atoms with Crippen LogP contribution in [0.15, 0.2) is 11.1 Å². The number of carbonyl (C=O) groups excluding carboxylic acids is 2. The van der Waals surface area contributed by atoms with Crippen molar-refractivity contribution < 1.29 is 23.5 Å². The molecule has 0 aromatic rings. The number of hydrogen-bond acceptors (Lipinski definition) is 5. The van der Waals surface area contributed by atoms with Crippen molar-refractivity contribution in [2.45, 2.75) is 65.6 Å². The van der Waals surface area contributed by atoms with Gasteiger partial charge in [0.1, 0.15) is 0 Å². The Kier molecular flexibility index (Phi) is 8.77. The van der Waals surface area contributed by atoms with E-state index in [0.29, 0.717) is 25.2 Å². The first-order chi connectivity index (χ1) is 10.5. The molecule has 0 aliphatic heterocycles. The Morgan fingerprint density at radius 2 is 1.65 bits per heavy atom. The molecule has 0 amide bonds. The van der Waals surface area contributed by atoms with Crippen molar-refractivity contribution in [2.75, 3.05) is 20.3 Å². The second-order valence-electron chi connectivity index (χ2n) is 7.10. The van der Waals surface area contributed by atoms with Gasteiger partial charge in [0.15, 0.2) is 8.32 Å². The summed E-state index contributed by atoms with van der Waals surface area (Å²) in [6, 6.07) is 0. The summed E-state index contributed by atoms with van der Waals surface area (Å²) in [6.45, 7) is 15.1. The van der Waals surface area contributed by atoms with Crippen LogP contribution in [0.5, 0.6) is 0 Å². The summed E-state index contributed by atoms with van der Waals surface area (Å²) in [7, 11) is -0.560. The van der Waals surface area contributed by atoms with Crippen molar-refractivity contribution in [1.82, 2.24) is 0 Å². The van der Waals surface area contributed by atoms with Crippen molar-refractivity contribution in [3.05, 3.63) is 11.1 Å². The lowest BCUT2D eigenvalue weighted by molar-refractivity contribution is -0.140. The average molecular weight is 345 g/mol. The molecule has 134 valence electrons. The van der Waals surface area contributed by atoms with Gasteiger partial charge in [-0.2, -0.15) is 0 Å². The van der Waals surface area contributed by atoms with Crippen molar-refractivity contribution in [3.8, 4) is 0 Å². The molecule has 0 aliphatic rings. The smallest absolute Gasteiger partial charge is 0.334 e. The van der Waals surface area contributed by atoms with E-state index < -0.39 is 8.32 Å². The molecule has 5 nitrogen and oxygen atoms in total. The molecule has 0 unspecified atom stereocenters. The summed E-state index contributed by atoms with van der Waals surface area (Å²) in [5, 5.41) is 0.101. The van der Waals surface area contributed by atoms with E-state index in [0.717, 1.165) is 5.57 Å². The van der Waals surface area contributed by atoms with Crippen LogP contribution in [-0.2, 0) is 23.5 Å². The summed E-state index contributed by atoms with van der Waals surface area (Å²) in [6.07, 6.45) is 0.459. The third kappa shape index (κ3) is 7.31. The van der Waals surface area contributed by atoms with E-state index in [2.05, 4.69) is 38.6 Å². The SMILES string of the molecule is CCOC(=O)/C(CCC(=O)OC)=C(\C)CO[Si](C)(C)C(C)(C)C. The van der Waals surface area contributed by atoms with Crippen LogP contribution < -0.4 is 0 Å². The first kappa shape index (κ1) is 21.9. The highest BCUT2D eigenvalue weighted by Crippen LogP contribution is 2.36. The molecular formula is C17H32O5Si. The van der Waals surface area contributed by atoms with Gasteiger partial charge >= 0.3 is 11.9 Å². The van der Waals surface area contributed by atoms with Crippen LogP contribution in [0.2, 0.25) is 18.1 Å². The zero-order valence-electron chi connectivity index (χ0n) is 15.9. The van der Waals surface area contributed by atoms with Gasteiger partial charge < -0.3 is 13.9 Å². The molecule has 0 radical (unpaired) electrons. The van der Waals surface area contributed by atoms with Gasteiger partial charge in [-0.25, -0.2) is 4.79 Å². The number of rotatable bonds is 8. The molecule has 0 aromatic carbocycles. The van der Waals surface area contributed by atoms with Gasteiger partial charge in [0.2, 0.25) is 0 Å². The zero-order chi connectivity index (χ0) is 18.3. The summed E-state index contributed by atoms with van der Waals surface area (Å²) in [5.41, 5.74) is 1.33. The predicted octanol–water partition coefficient (Wildman–Crippen LogP) is 3.84. The number of ether oxygens (including phenoxy) is 2. The molecule has 0 saturated heterocycles. The quantitative estimate of drug-likeness (QED) is 0.380. The Balaban J connectivity index is 5.12. The van der Waals surface area contributed by atoms with Crippen LogP contribution in [0.3, 0.4) is 0 Å². The van der Waals surface area contributed by atoms with Crippen LogP contribution >= 0.6 is 0 Å². The normalized spacial score (nSPS) is 13.4. The summed E-state index contributed by atoms with van der Waals surface area (Å²) >= 11 is 0. The van der Waals surface area contributed by atoms with Gasteiger partial charge in [0.25, 0.3) is 0 Å². The van der Waals surface area contributed by atoms with Crippen molar-refractivity contribution in [2.24, 2.45) is 0 Å². The molecule has 0 atom stereocenters. The fraction of sp³-hybridized carbons (Fsp3) is 0.765. The van der Waals surface area contributed by atoms with Gasteiger partial charge in [0.05, 0.1) is 20.3 Å². The summed E-state index contributed by atoms with van der Waals surface area (Å²) in [4.78, 5) is 23.5. The molecule has 0 aromatic heterocycles. The molecule has 0 rings (SSSR count). The van der Waals surface area contributed by atoms with Gasteiger partial charge in [-0.1, -0.05) is 20.8 Å². The second-order valence-corrected chi connectivity index (χ2v) is 11.9. The lowest BCUT2D eigenvalue weighted by Gasteiger charge is -2.36. The van der Waals surface area contributed by atoms with Crippen molar-refractivity contribution in [1.29, 1.82) is 0 Å². The van der Waals surface area contributed by atoms with E-state index >= 15 is 0 Å². The maximum absolute atomic E-state index is 12.1. The molecular weight excluding hydrogens is 312 g/mol. The summed E-state index contributed by atoms with van der Waals surface area (Å²) < 4.78 is 15.9. The van der Waals surface area contributed by atoms with Gasteiger partial charge in [-0.15, -0.1) is 0 Å². The monoisotopic (exact) mass is 344 g/mol. The molecule has 0 N–H and O–H groups in total. The van der Waals surface area contributed by atoms with E-state index in [-0.39, 0.29) is 23.4 Å². The lowest BCUT2D eigenvalue weighted by atomic mass is 10.0. The first-order valence-electron chi connectivity index (χ1n) is 8.02. The third-order valence-electron chi connectivity index (χ3n) is 4.30. The highest BCUT2D eigenvalue weighted by Gasteiger charge is 2.37. The standard InChI is InChI=1S/C17H32O5Si/c1-9-21-16(19)14(10-11-15(18)20-6)13(2)12-22-23(7,8)17(3,4)5/h9-12H2,1-8H3/b14-13+. The van der Waals surface area contributed by atoms with Crippen LogP contribution in [0.1, 0.15) is 47.5 Å². The molecule has 0 heterocycles. The van der Waals surface area contributed by atoms with Crippen LogP contribution in [0, 0.1) is 0 Å². The molecule has 6 heteroatoms. The fourth-order valence-electron chi connectivity index (χ4n) is 1.63. The minimum Gasteiger partial charge on any atom is -0.469 e. The van der Waals surface area contributed by atoms with E-state index in [1.54, 1.807) is 6.92 Å². The van der Waals surface area contributed by atoms with E-state index in [9.17, 15) is 9.59 Å². The molecule has 0 spiro atoms. The Morgan fingerprint density at radius 3 is 2.09 bits per heavy atom. The van der Waals surface area contributed by atoms with Crippen molar-refractivity contribution >= 4 is 20.3 Å². The van der Waals surface area contributed by atoms with Crippen LogP contribution in [-0.4, -0.2) is 40.6 Å². The molecule has 0 aliphatic carbocycles. The van der Waals surface area contributed by atoms with E-state index in [4.69, 9.17) is 9.16 Å². The average Bonchev–Trinajstić information content (AvgIpc) is 2.44. The van der Waals surface area contributed by atoms with Gasteiger partial charge in [-0.3, -0.25) is 4.79 Å².